The highest BCUT2D eigenvalue weighted by molar-refractivity contribution is 7.99. The molecule has 2 rings (SSSR count). The molecule has 0 radical (unpaired) electrons. The van der Waals surface area contributed by atoms with Crippen molar-refractivity contribution in [3.63, 3.8) is 0 Å². The van der Waals surface area contributed by atoms with Crippen LogP contribution in [-0.4, -0.2) is 27.4 Å². The van der Waals surface area contributed by atoms with Gasteiger partial charge in [-0.1, -0.05) is 0 Å². The first kappa shape index (κ1) is 5.10. The highest BCUT2D eigenvalue weighted by Gasteiger charge is 2.07. The van der Waals surface area contributed by atoms with Gasteiger partial charge < -0.3 is 5.43 Å². The second-order valence-corrected chi connectivity index (χ2v) is 2.86. The number of nitrogens with one attached hydrogen (secondary N) is 1. The molecule has 48 valence electrons. The van der Waals surface area contributed by atoms with E-state index in [0.717, 1.165) is 17.3 Å². The zero-order valence-corrected chi connectivity index (χ0v) is 5.56. The number of rotatable bonds is 0. The maximum atomic E-state index is 3.79. The Morgan fingerprint density at radius 1 is 1.78 bits per heavy atom. The zero-order chi connectivity index (χ0) is 6.10. The summed E-state index contributed by atoms with van der Waals surface area (Å²) < 4.78 is 0. The van der Waals surface area contributed by atoms with Crippen LogP contribution in [0.15, 0.2) is 11.2 Å². The monoisotopic (exact) mass is 142 g/mol. The molecule has 0 amide bonds. The van der Waals surface area contributed by atoms with Gasteiger partial charge in [0.25, 0.3) is 0 Å². The average molecular weight is 142 g/mol. The van der Waals surface area contributed by atoms with Crippen LogP contribution >= 0.6 is 11.8 Å². The van der Waals surface area contributed by atoms with Crippen LogP contribution < -0.4 is 5.43 Å². The number of hydrogen-bond donors (Lipinski definition) is 1. The molecule has 5 heteroatoms. The Hall–Kier alpha value is -0.710. The maximum absolute atomic E-state index is 3.79. The lowest BCUT2D eigenvalue weighted by Crippen LogP contribution is -2.23. The van der Waals surface area contributed by atoms with E-state index in [1.165, 1.54) is 0 Å². The molecule has 4 nitrogen and oxygen atoms in total. The van der Waals surface area contributed by atoms with Crippen molar-refractivity contribution in [1.82, 2.24) is 15.1 Å². The molecule has 0 bridgehead atoms. The first-order valence-corrected chi connectivity index (χ1v) is 3.73. The molecule has 1 aromatic rings. The lowest BCUT2D eigenvalue weighted by molar-refractivity contribution is 0.648. The standard InChI is InChI=1S/C4H6N4S/c1-2-9-4-3-5-7-8(4)6-1/h3,6H,1-2H2. The summed E-state index contributed by atoms with van der Waals surface area (Å²) in [6.07, 6.45) is 1.76. The van der Waals surface area contributed by atoms with Crippen LogP contribution in [0.5, 0.6) is 0 Å². The molecule has 1 aliphatic rings. The molecule has 9 heavy (non-hydrogen) atoms. The van der Waals surface area contributed by atoms with Crippen LogP contribution in [0.2, 0.25) is 0 Å². The second kappa shape index (κ2) is 1.91. The first-order chi connectivity index (χ1) is 4.47. The molecule has 0 saturated carbocycles. The van der Waals surface area contributed by atoms with Crippen LogP contribution in [0.4, 0.5) is 0 Å². The van der Waals surface area contributed by atoms with Gasteiger partial charge in [-0.25, -0.2) is 0 Å². The van der Waals surface area contributed by atoms with Crippen molar-refractivity contribution in [3.8, 4) is 0 Å². The molecule has 0 aliphatic carbocycles. The molecule has 1 N–H and O–H groups in total. The van der Waals surface area contributed by atoms with Crippen molar-refractivity contribution in [3.05, 3.63) is 6.20 Å². The second-order valence-electron chi connectivity index (χ2n) is 1.74. The Balaban J connectivity index is 2.39. The topological polar surface area (TPSA) is 42.7 Å². The van der Waals surface area contributed by atoms with Gasteiger partial charge in [0, 0.05) is 12.3 Å². The third kappa shape index (κ3) is 0.769. The molecule has 0 aromatic carbocycles. The molecule has 0 saturated heterocycles. The van der Waals surface area contributed by atoms with Crippen LogP contribution in [0.3, 0.4) is 0 Å². The highest BCUT2D eigenvalue weighted by atomic mass is 32.2. The predicted octanol–water partition coefficient (Wildman–Crippen LogP) is -0.0727. The summed E-state index contributed by atoms with van der Waals surface area (Å²) in [5, 5.41) is 8.62. The maximum Gasteiger partial charge on any atom is 0.138 e. The van der Waals surface area contributed by atoms with E-state index in [2.05, 4.69) is 15.7 Å². The summed E-state index contributed by atoms with van der Waals surface area (Å²) >= 11 is 1.77. The fraction of sp³-hybridized carbons (Fsp3) is 0.500. The molecule has 1 aromatic heterocycles. The van der Waals surface area contributed by atoms with Crippen molar-refractivity contribution in [2.45, 2.75) is 5.03 Å². The van der Waals surface area contributed by atoms with Gasteiger partial charge in [0.2, 0.25) is 0 Å². The largest absolute Gasteiger partial charge is 0.307 e. The molecule has 1 aliphatic heterocycles. The zero-order valence-electron chi connectivity index (χ0n) is 4.74. The molecule has 0 spiro atoms. The Morgan fingerprint density at radius 3 is 3.67 bits per heavy atom. The quantitative estimate of drug-likeness (QED) is 0.550. The summed E-state index contributed by atoms with van der Waals surface area (Å²) in [4.78, 5) is 1.70. The van der Waals surface area contributed by atoms with Crippen molar-refractivity contribution in [1.29, 1.82) is 0 Å². The minimum atomic E-state index is 0.973. The SMILES string of the molecule is c1nnn2c1SCCN2. The number of aromatic nitrogens is 3. The van der Waals surface area contributed by atoms with E-state index in [1.54, 1.807) is 22.7 Å². The lowest BCUT2D eigenvalue weighted by atomic mass is 10.8. The summed E-state index contributed by atoms with van der Waals surface area (Å²) in [6, 6.07) is 0. The Labute approximate surface area is 56.6 Å². The van der Waals surface area contributed by atoms with Crippen molar-refractivity contribution >= 4 is 11.8 Å². The lowest BCUT2D eigenvalue weighted by Gasteiger charge is -2.12. The van der Waals surface area contributed by atoms with Gasteiger partial charge in [0.05, 0.1) is 6.20 Å². The molecule has 0 fully saturated rings. The van der Waals surface area contributed by atoms with Gasteiger partial charge in [0.15, 0.2) is 0 Å². The summed E-state index contributed by atoms with van der Waals surface area (Å²) in [5.74, 6) is 1.10. The van der Waals surface area contributed by atoms with Crippen LogP contribution in [0.1, 0.15) is 0 Å². The Morgan fingerprint density at radius 2 is 2.78 bits per heavy atom. The van der Waals surface area contributed by atoms with E-state index in [4.69, 9.17) is 0 Å². The first-order valence-electron chi connectivity index (χ1n) is 2.74. The van der Waals surface area contributed by atoms with Gasteiger partial charge in [0.1, 0.15) is 5.03 Å². The molecular formula is C4H6N4S. The molecule has 0 unspecified atom stereocenters. The number of hydrogen-bond acceptors (Lipinski definition) is 4. The molecular weight excluding hydrogens is 136 g/mol. The van der Waals surface area contributed by atoms with Gasteiger partial charge in [-0.3, -0.25) is 0 Å². The normalized spacial score (nSPS) is 16.4. The number of nitrogens with zero attached hydrogens (tertiary/aromatic N) is 3. The third-order valence-corrected chi connectivity index (χ3v) is 2.11. The minimum Gasteiger partial charge on any atom is -0.307 e. The van der Waals surface area contributed by atoms with E-state index < -0.39 is 0 Å². The molecule has 2 heterocycles. The fourth-order valence-corrected chi connectivity index (χ4v) is 1.49. The van der Waals surface area contributed by atoms with Gasteiger partial charge in [-0.15, -0.1) is 16.9 Å². The number of fused-ring (bicyclic) bond motifs is 1. The van der Waals surface area contributed by atoms with Crippen molar-refractivity contribution < 1.29 is 0 Å². The Bertz CT molecular complexity index is 188. The number of thioether (sulfide) groups is 1. The van der Waals surface area contributed by atoms with E-state index in [9.17, 15) is 0 Å². The third-order valence-electron chi connectivity index (χ3n) is 1.13. The van der Waals surface area contributed by atoms with Crippen LogP contribution in [0, 0.1) is 0 Å². The average Bonchev–Trinajstić information content (AvgIpc) is 2.33. The van der Waals surface area contributed by atoms with Crippen LogP contribution in [-0.2, 0) is 0 Å². The van der Waals surface area contributed by atoms with E-state index in [1.807, 2.05) is 0 Å². The summed E-state index contributed by atoms with van der Waals surface area (Å²) in [6.45, 7) is 0.973. The minimum absolute atomic E-state index is 0.973. The highest BCUT2D eigenvalue weighted by Crippen LogP contribution is 2.16. The van der Waals surface area contributed by atoms with E-state index in [-0.39, 0.29) is 0 Å². The van der Waals surface area contributed by atoms with Gasteiger partial charge >= 0.3 is 0 Å². The van der Waals surface area contributed by atoms with Crippen molar-refractivity contribution in [2.75, 3.05) is 17.7 Å². The summed E-state index contributed by atoms with van der Waals surface area (Å²) in [7, 11) is 0. The van der Waals surface area contributed by atoms with E-state index in [0.29, 0.717) is 0 Å². The van der Waals surface area contributed by atoms with Crippen LogP contribution in [0.25, 0.3) is 0 Å². The fourth-order valence-electron chi connectivity index (χ4n) is 0.741. The van der Waals surface area contributed by atoms with Gasteiger partial charge in [-0.05, 0) is 5.21 Å². The van der Waals surface area contributed by atoms with Gasteiger partial charge in [-0.2, -0.15) is 4.79 Å². The summed E-state index contributed by atoms with van der Waals surface area (Å²) in [5.41, 5.74) is 3.06. The Kier molecular flexibility index (Phi) is 1.08. The van der Waals surface area contributed by atoms with E-state index >= 15 is 0 Å². The molecule has 0 atom stereocenters. The smallest absolute Gasteiger partial charge is 0.138 e. The predicted molar refractivity (Wildman–Crippen MR) is 35.0 cm³/mol. The van der Waals surface area contributed by atoms with Crippen molar-refractivity contribution in [2.24, 2.45) is 0 Å².